The number of rotatable bonds is 7. The van der Waals surface area contributed by atoms with Crippen molar-refractivity contribution in [3.8, 4) is 6.07 Å². The summed E-state index contributed by atoms with van der Waals surface area (Å²) in [6, 6.07) is 13.0. The van der Waals surface area contributed by atoms with Crippen LogP contribution in [0.5, 0.6) is 0 Å². The minimum absolute atomic E-state index is 0.0642. The topological polar surface area (TPSA) is 116 Å². The summed E-state index contributed by atoms with van der Waals surface area (Å²) in [6.45, 7) is 2.25. The highest BCUT2D eigenvalue weighted by Crippen LogP contribution is 2.32. The van der Waals surface area contributed by atoms with Crippen molar-refractivity contribution in [2.24, 2.45) is 0 Å². The molecule has 8 nitrogen and oxygen atoms in total. The number of halogens is 1. The van der Waals surface area contributed by atoms with E-state index in [1.807, 2.05) is 33.9 Å². The first-order chi connectivity index (χ1) is 14.7. The number of aromatic nitrogens is 2. The van der Waals surface area contributed by atoms with Crippen LogP contribution < -0.4 is 9.62 Å². The summed E-state index contributed by atoms with van der Waals surface area (Å²) in [6.07, 6.45) is 3.35. The number of pyridine rings is 1. The third-order valence-corrected chi connectivity index (χ3v) is 6.25. The van der Waals surface area contributed by atoms with Gasteiger partial charge in [-0.1, -0.05) is 6.07 Å². The molecule has 3 aromatic rings. The number of anilines is 2. The Labute approximate surface area is 192 Å². The van der Waals surface area contributed by atoms with Gasteiger partial charge in [0.15, 0.2) is 5.13 Å². The monoisotopic (exact) mass is 519 g/mol. The molecule has 0 aliphatic carbocycles. The molecule has 0 bridgehead atoms. The molecule has 2 heterocycles. The van der Waals surface area contributed by atoms with Crippen LogP contribution in [0.4, 0.5) is 10.8 Å². The normalized spacial score (nSPS) is 11.0. The van der Waals surface area contributed by atoms with E-state index in [0.29, 0.717) is 28.5 Å². The fourth-order valence-corrected chi connectivity index (χ4v) is 4.39. The number of hydrogen-bond donors (Lipinski definition) is 1. The van der Waals surface area contributed by atoms with E-state index in [0.717, 1.165) is 22.1 Å². The van der Waals surface area contributed by atoms with Crippen molar-refractivity contribution in [2.75, 3.05) is 17.7 Å². The maximum absolute atomic E-state index is 12.3. The molecule has 1 N–H and O–H groups in total. The second kappa shape index (κ2) is 9.55. The number of aryl methyl sites for hydroxylation is 1. The molecule has 1 aromatic carbocycles. The van der Waals surface area contributed by atoms with Crippen LogP contribution in [0.1, 0.15) is 26.5 Å². The molecule has 3 rings (SSSR count). The minimum Gasteiger partial charge on any atom is -0.317 e. The molecule has 0 aliphatic rings. The van der Waals surface area contributed by atoms with Gasteiger partial charge < -0.3 is 4.90 Å². The van der Waals surface area contributed by atoms with Crippen molar-refractivity contribution >= 4 is 54.0 Å². The van der Waals surface area contributed by atoms with Crippen molar-refractivity contribution in [3.63, 3.8) is 0 Å². The molecule has 160 valence electrons. The number of carbonyl (C=O) groups is 1. The Hall–Kier alpha value is -2.81. The van der Waals surface area contributed by atoms with Gasteiger partial charge in [0.05, 0.1) is 17.9 Å². The van der Waals surface area contributed by atoms with Crippen molar-refractivity contribution in [2.45, 2.75) is 13.3 Å². The lowest BCUT2D eigenvalue weighted by Crippen LogP contribution is -2.30. The Kier molecular flexibility index (Phi) is 7.04. The number of nitrogens with one attached hydrogen (secondary N) is 1. The molecule has 0 saturated heterocycles. The summed E-state index contributed by atoms with van der Waals surface area (Å²) in [4.78, 5) is 23.5. The van der Waals surface area contributed by atoms with Crippen LogP contribution in [0.3, 0.4) is 0 Å². The van der Waals surface area contributed by atoms with Crippen LogP contribution in [0, 0.1) is 18.3 Å². The molecule has 0 atom stereocenters. The maximum Gasteiger partial charge on any atom is 0.284 e. The molecular formula is C20H18BrN5O3S2. The van der Waals surface area contributed by atoms with Crippen molar-refractivity contribution in [1.82, 2.24) is 14.7 Å². The fourth-order valence-electron chi connectivity index (χ4n) is 2.77. The zero-order valence-electron chi connectivity index (χ0n) is 16.7. The van der Waals surface area contributed by atoms with E-state index in [4.69, 9.17) is 5.26 Å². The maximum atomic E-state index is 12.3. The molecule has 31 heavy (non-hydrogen) atoms. The summed E-state index contributed by atoms with van der Waals surface area (Å²) in [5.41, 5.74) is 2.41. The molecule has 0 unspecified atom stereocenters. The lowest BCUT2D eigenvalue weighted by atomic mass is 10.2. The second-order valence-electron chi connectivity index (χ2n) is 6.65. The van der Waals surface area contributed by atoms with Crippen molar-refractivity contribution in [1.29, 1.82) is 5.26 Å². The Balaban J connectivity index is 1.93. The van der Waals surface area contributed by atoms with Gasteiger partial charge in [0, 0.05) is 23.3 Å². The average molecular weight is 520 g/mol. The number of hydrogen-bond acceptors (Lipinski definition) is 8. The lowest BCUT2D eigenvalue weighted by molar-refractivity contribution is 0.0977. The highest BCUT2D eigenvalue weighted by Gasteiger charge is 2.22. The number of benzene rings is 1. The molecule has 0 spiro atoms. The Bertz CT molecular complexity index is 1230. The summed E-state index contributed by atoms with van der Waals surface area (Å²) in [7, 11) is -3.70. The standard InChI is InChI=1S/C20H18BrN5O3S2/c1-13-18(19(27)25-31(2,28)29)24-20(30-13)26(16-6-3-14(11-22)4-7-16)10-9-15-5-8-17(21)23-12-15/h3-8,12H,9-10H2,1-2H3,(H,25,27). The van der Waals surface area contributed by atoms with Crippen LogP contribution in [-0.4, -0.2) is 37.1 Å². The van der Waals surface area contributed by atoms with Gasteiger partial charge in [-0.05, 0) is 65.2 Å². The van der Waals surface area contributed by atoms with Gasteiger partial charge >= 0.3 is 0 Å². The Morgan fingerprint density at radius 1 is 1.26 bits per heavy atom. The zero-order chi connectivity index (χ0) is 22.6. The quantitative estimate of drug-likeness (QED) is 0.474. The van der Waals surface area contributed by atoms with Crippen LogP contribution in [0.15, 0.2) is 47.2 Å². The van der Waals surface area contributed by atoms with Gasteiger partial charge in [-0.2, -0.15) is 5.26 Å². The molecule has 0 aliphatic heterocycles. The first kappa shape index (κ1) is 22.9. The largest absolute Gasteiger partial charge is 0.317 e. The predicted octanol–water partition coefficient (Wildman–Crippen LogP) is 3.55. The highest BCUT2D eigenvalue weighted by molar-refractivity contribution is 9.10. The van der Waals surface area contributed by atoms with Gasteiger partial charge in [0.1, 0.15) is 10.3 Å². The molecular weight excluding hydrogens is 502 g/mol. The van der Waals surface area contributed by atoms with E-state index in [9.17, 15) is 13.2 Å². The number of sulfonamides is 1. The fraction of sp³-hybridized carbons (Fsp3) is 0.200. The van der Waals surface area contributed by atoms with Gasteiger partial charge in [-0.3, -0.25) is 4.79 Å². The van der Waals surface area contributed by atoms with Gasteiger partial charge in [0.25, 0.3) is 5.91 Å². The molecule has 2 aromatic heterocycles. The van der Waals surface area contributed by atoms with Gasteiger partial charge in [-0.15, -0.1) is 11.3 Å². The van der Waals surface area contributed by atoms with E-state index in [1.165, 1.54) is 11.3 Å². The van der Waals surface area contributed by atoms with E-state index in [-0.39, 0.29) is 5.69 Å². The molecule has 0 saturated carbocycles. The highest BCUT2D eigenvalue weighted by atomic mass is 79.9. The van der Waals surface area contributed by atoms with Crippen LogP contribution in [-0.2, 0) is 16.4 Å². The summed E-state index contributed by atoms with van der Waals surface area (Å²) >= 11 is 4.61. The Morgan fingerprint density at radius 2 is 1.97 bits per heavy atom. The first-order valence-electron chi connectivity index (χ1n) is 9.04. The predicted molar refractivity (Wildman–Crippen MR) is 123 cm³/mol. The number of carbonyl (C=O) groups excluding carboxylic acids is 1. The van der Waals surface area contributed by atoms with E-state index in [2.05, 4.69) is 32.0 Å². The van der Waals surface area contributed by atoms with Crippen molar-refractivity contribution in [3.05, 3.63) is 68.9 Å². The van der Waals surface area contributed by atoms with E-state index < -0.39 is 15.9 Å². The molecule has 0 radical (unpaired) electrons. The SMILES string of the molecule is Cc1sc(N(CCc2ccc(Br)nc2)c2ccc(C#N)cc2)nc1C(=O)NS(C)(=O)=O. The number of thiazole rings is 1. The first-order valence-corrected chi connectivity index (χ1v) is 12.5. The van der Waals surface area contributed by atoms with Crippen LogP contribution in [0.25, 0.3) is 0 Å². The van der Waals surface area contributed by atoms with E-state index in [1.54, 1.807) is 25.3 Å². The summed E-state index contributed by atoms with van der Waals surface area (Å²) in [5, 5.41) is 9.62. The van der Waals surface area contributed by atoms with Gasteiger partial charge in [0.2, 0.25) is 10.0 Å². The molecule has 1 amide bonds. The second-order valence-corrected chi connectivity index (χ2v) is 10.4. The molecule has 0 fully saturated rings. The van der Waals surface area contributed by atoms with E-state index >= 15 is 0 Å². The third-order valence-electron chi connectivity index (χ3n) is 4.23. The zero-order valence-corrected chi connectivity index (χ0v) is 19.9. The van der Waals surface area contributed by atoms with Crippen LogP contribution >= 0.6 is 27.3 Å². The average Bonchev–Trinajstić information content (AvgIpc) is 3.10. The number of amides is 1. The number of nitrogens with zero attached hydrogens (tertiary/aromatic N) is 4. The van der Waals surface area contributed by atoms with Crippen LogP contribution in [0.2, 0.25) is 0 Å². The summed E-state index contributed by atoms with van der Waals surface area (Å²) < 4.78 is 25.6. The minimum atomic E-state index is -3.70. The van der Waals surface area contributed by atoms with Crippen molar-refractivity contribution < 1.29 is 13.2 Å². The van der Waals surface area contributed by atoms with Gasteiger partial charge in [-0.25, -0.2) is 23.1 Å². The smallest absolute Gasteiger partial charge is 0.284 e. The summed E-state index contributed by atoms with van der Waals surface area (Å²) in [5.74, 6) is -0.764. The Morgan fingerprint density at radius 3 is 2.55 bits per heavy atom. The third kappa shape index (κ3) is 6.10. The molecule has 11 heteroatoms. The number of nitriles is 1. The lowest BCUT2D eigenvalue weighted by Gasteiger charge is -2.22.